The number of amides is 1. The van der Waals surface area contributed by atoms with Crippen LogP contribution in [0.5, 0.6) is 0 Å². The highest BCUT2D eigenvalue weighted by molar-refractivity contribution is 5.72. The molecule has 0 aliphatic rings. The molecule has 4 heteroatoms. The predicted molar refractivity (Wildman–Crippen MR) is 62.4 cm³/mol. The summed E-state index contributed by atoms with van der Waals surface area (Å²) in [5.41, 5.74) is 11.6. The molecule has 0 bridgehead atoms. The first kappa shape index (κ1) is 13.5. The summed E-state index contributed by atoms with van der Waals surface area (Å²) in [7, 11) is 0. The first-order valence-corrected chi connectivity index (χ1v) is 5.13. The lowest BCUT2D eigenvalue weighted by atomic mass is 10.0. The highest BCUT2D eigenvalue weighted by atomic mass is 16.2. The van der Waals surface area contributed by atoms with Crippen molar-refractivity contribution in [1.29, 1.82) is 0 Å². The molecule has 0 aliphatic heterocycles. The van der Waals surface area contributed by atoms with E-state index in [0.717, 1.165) is 25.0 Å². The molecule has 0 aromatic carbocycles. The third-order valence-electron chi connectivity index (χ3n) is 1.95. The number of hydrogen-bond acceptors (Lipinski definition) is 3. The Hall–Kier alpha value is -1.45. The van der Waals surface area contributed by atoms with Crippen LogP contribution < -0.4 is 16.6 Å². The van der Waals surface area contributed by atoms with Gasteiger partial charge in [0, 0.05) is 18.8 Å². The van der Waals surface area contributed by atoms with Crippen molar-refractivity contribution in [2.75, 3.05) is 0 Å². The second-order valence-electron chi connectivity index (χ2n) is 3.72. The first-order chi connectivity index (χ1) is 7.06. The van der Waals surface area contributed by atoms with Crippen LogP contribution in [-0.2, 0) is 4.79 Å². The molecule has 0 radical (unpaired) electrons. The quantitative estimate of drug-likeness (QED) is 0.440. The summed E-state index contributed by atoms with van der Waals surface area (Å²) in [6, 6.07) is 0. The fourth-order valence-electron chi connectivity index (χ4n) is 1.20. The SMILES string of the molecule is C=CCCC(C)C/C(N)=C\NNC(C)=O. The van der Waals surface area contributed by atoms with Crippen LogP contribution in [0.25, 0.3) is 0 Å². The van der Waals surface area contributed by atoms with Crippen LogP contribution in [0.2, 0.25) is 0 Å². The van der Waals surface area contributed by atoms with E-state index in [0.29, 0.717) is 5.92 Å². The Morgan fingerprint density at radius 2 is 2.27 bits per heavy atom. The highest BCUT2D eigenvalue weighted by Gasteiger charge is 2.02. The molecular weight excluding hydrogens is 190 g/mol. The van der Waals surface area contributed by atoms with Gasteiger partial charge < -0.3 is 11.2 Å². The number of hydrazine groups is 1. The summed E-state index contributed by atoms with van der Waals surface area (Å²) < 4.78 is 0. The Kier molecular flexibility index (Phi) is 7.14. The fourth-order valence-corrected chi connectivity index (χ4v) is 1.20. The van der Waals surface area contributed by atoms with E-state index in [1.54, 1.807) is 6.20 Å². The second-order valence-corrected chi connectivity index (χ2v) is 3.72. The minimum Gasteiger partial charge on any atom is -0.401 e. The number of allylic oxidation sites excluding steroid dienone is 2. The van der Waals surface area contributed by atoms with Crippen molar-refractivity contribution in [3.8, 4) is 0 Å². The molecule has 0 aromatic heterocycles. The van der Waals surface area contributed by atoms with Crippen molar-refractivity contribution in [3.05, 3.63) is 24.6 Å². The maximum Gasteiger partial charge on any atom is 0.235 e. The van der Waals surface area contributed by atoms with Crippen LogP contribution in [0, 0.1) is 5.92 Å². The van der Waals surface area contributed by atoms with E-state index >= 15 is 0 Å². The summed E-state index contributed by atoms with van der Waals surface area (Å²) in [4.78, 5) is 10.5. The highest BCUT2D eigenvalue weighted by Crippen LogP contribution is 2.13. The van der Waals surface area contributed by atoms with Gasteiger partial charge in [-0.1, -0.05) is 13.0 Å². The minimum absolute atomic E-state index is 0.140. The Labute approximate surface area is 91.6 Å². The molecular formula is C11H21N3O. The van der Waals surface area contributed by atoms with E-state index in [1.165, 1.54) is 6.92 Å². The largest absolute Gasteiger partial charge is 0.401 e. The zero-order valence-corrected chi connectivity index (χ0v) is 9.55. The molecule has 0 aromatic rings. The third-order valence-corrected chi connectivity index (χ3v) is 1.95. The van der Waals surface area contributed by atoms with Crippen molar-refractivity contribution in [3.63, 3.8) is 0 Å². The lowest BCUT2D eigenvalue weighted by Crippen LogP contribution is -2.32. The number of nitrogens with two attached hydrogens (primary N) is 1. The van der Waals surface area contributed by atoms with E-state index in [1.807, 2.05) is 6.08 Å². The molecule has 1 amide bonds. The summed E-state index contributed by atoms with van der Waals surface area (Å²) >= 11 is 0. The summed E-state index contributed by atoms with van der Waals surface area (Å²) in [6.07, 6.45) is 6.43. The van der Waals surface area contributed by atoms with Gasteiger partial charge in [0.1, 0.15) is 0 Å². The number of rotatable bonds is 7. The van der Waals surface area contributed by atoms with Gasteiger partial charge >= 0.3 is 0 Å². The molecule has 86 valence electrons. The van der Waals surface area contributed by atoms with Crippen molar-refractivity contribution in [2.24, 2.45) is 11.7 Å². The molecule has 0 rings (SSSR count). The van der Waals surface area contributed by atoms with Crippen LogP contribution in [0.4, 0.5) is 0 Å². The molecule has 0 saturated heterocycles. The second kappa shape index (κ2) is 7.91. The van der Waals surface area contributed by atoms with Crippen molar-refractivity contribution in [2.45, 2.75) is 33.1 Å². The lowest BCUT2D eigenvalue weighted by Gasteiger charge is -2.10. The molecule has 1 unspecified atom stereocenters. The van der Waals surface area contributed by atoms with Crippen molar-refractivity contribution >= 4 is 5.91 Å². The maximum atomic E-state index is 10.5. The molecule has 15 heavy (non-hydrogen) atoms. The van der Waals surface area contributed by atoms with Gasteiger partial charge in [0.15, 0.2) is 0 Å². The number of hydrogen-bond donors (Lipinski definition) is 3. The number of carbonyl (C=O) groups is 1. The predicted octanol–water partition coefficient (Wildman–Crippen LogP) is 1.42. The van der Waals surface area contributed by atoms with Crippen LogP contribution in [0.1, 0.15) is 33.1 Å². The van der Waals surface area contributed by atoms with Gasteiger partial charge in [-0.2, -0.15) is 0 Å². The van der Waals surface area contributed by atoms with Gasteiger partial charge in [0.05, 0.1) is 0 Å². The van der Waals surface area contributed by atoms with Crippen molar-refractivity contribution in [1.82, 2.24) is 10.9 Å². The van der Waals surface area contributed by atoms with Crippen LogP contribution >= 0.6 is 0 Å². The molecule has 0 fully saturated rings. The van der Waals surface area contributed by atoms with Crippen LogP contribution in [0.15, 0.2) is 24.6 Å². The van der Waals surface area contributed by atoms with Crippen LogP contribution in [-0.4, -0.2) is 5.91 Å². The van der Waals surface area contributed by atoms with Gasteiger partial charge in [-0.05, 0) is 25.2 Å². The molecule has 0 spiro atoms. The number of carbonyl (C=O) groups excluding carboxylic acids is 1. The van der Waals surface area contributed by atoms with Gasteiger partial charge in [-0.25, -0.2) is 0 Å². The summed E-state index contributed by atoms with van der Waals surface area (Å²) in [5, 5.41) is 0. The van der Waals surface area contributed by atoms with Gasteiger partial charge in [-0.15, -0.1) is 6.58 Å². The van der Waals surface area contributed by atoms with Gasteiger partial charge in [0.25, 0.3) is 0 Å². The first-order valence-electron chi connectivity index (χ1n) is 5.13. The Morgan fingerprint density at radius 3 is 2.80 bits per heavy atom. The monoisotopic (exact) mass is 211 g/mol. The van der Waals surface area contributed by atoms with E-state index < -0.39 is 0 Å². The molecule has 0 aliphatic carbocycles. The van der Waals surface area contributed by atoms with Crippen molar-refractivity contribution < 1.29 is 4.79 Å². The molecule has 4 N–H and O–H groups in total. The third kappa shape index (κ3) is 8.87. The van der Waals surface area contributed by atoms with Crippen LogP contribution in [0.3, 0.4) is 0 Å². The maximum absolute atomic E-state index is 10.5. The Balaban J connectivity index is 3.74. The molecule has 4 nitrogen and oxygen atoms in total. The normalized spacial score (nSPS) is 13.1. The fraction of sp³-hybridized carbons (Fsp3) is 0.545. The van der Waals surface area contributed by atoms with E-state index in [9.17, 15) is 4.79 Å². The van der Waals surface area contributed by atoms with Gasteiger partial charge in [-0.3, -0.25) is 10.2 Å². The zero-order valence-electron chi connectivity index (χ0n) is 9.55. The number of nitrogens with one attached hydrogen (secondary N) is 2. The summed E-state index contributed by atoms with van der Waals surface area (Å²) in [5.74, 6) is 0.386. The molecule has 1 atom stereocenters. The average Bonchev–Trinajstić information content (AvgIpc) is 2.14. The zero-order chi connectivity index (χ0) is 11.7. The van der Waals surface area contributed by atoms with E-state index in [4.69, 9.17) is 5.73 Å². The topological polar surface area (TPSA) is 67.2 Å². The minimum atomic E-state index is -0.140. The Bertz CT molecular complexity index is 236. The van der Waals surface area contributed by atoms with E-state index in [2.05, 4.69) is 24.4 Å². The Morgan fingerprint density at radius 1 is 1.60 bits per heavy atom. The average molecular weight is 211 g/mol. The molecule has 0 heterocycles. The summed E-state index contributed by atoms with van der Waals surface area (Å²) in [6.45, 7) is 7.25. The van der Waals surface area contributed by atoms with E-state index in [-0.39, 0.29) is 5.91 Å². The smallest absolute Gasteiger partial charge is 0.235 e. The standard InChI is InChI=1S/C11H21N3O/c1-4-5-6-9(2)7-11(12)8-13-14-10(3)15/h4,8-9,13H,1,5-7,12H2,2-3H3,(H,14,15)/b11-8+. The van der Waals surface area contributed by atoms with Gasteiger partial charge in [0.2, 0.25) is 5.91 Å². The lowest BCUT2D eigenvalue weighted by molar-refractivity contribution is -0.119. The molecule has 0 saturated carbocycles.